The van der Waals surface area contributed by atoms with E-state index in [0.29, 0.717) is 0 Å². The molecule has 4 heteroatoms. The summed E-state index contributed by atoms with van der Waals surface area (Å²) in [6, 6.07) is 42.3. The van der Waals surface area contributed by atoms with E-state index in [2.05, 4.69) is 110 Å². The predicted octanol–water partition coefficient (Wildman–Crippen LogP) is 7.12. The van der Waals surface area contributed by atoms with Gasteiger partial charge >= 0.3 is 0 Å². The van der Waals surface area contributed by atoms with E-state index in [1.54, 1.807) is 0 Å². The standard InChI is InChI=1S/C36H24BNO2/c1-23-9-8-18-38-36(23)28-21-33-35-34(22-28)40-32-20-27(25-12-6-3-7-13-25)15-17-30(32)37(35)29-16-14-26(19-31(29)39-33)24-10-4-2-5-11-24/h2-22H,1H3. The lowest BCUT2D eigenvalue weighted by atomic mass is 9.34. The van der Waals surface area contributed by atoms with E-state index in [9.17, 15) is 0 Å². The first-order valence-electron chi connectivity index (χ1n) is 13.6. The van der Waals surface area contributed by atoms with Gasteiger partial charge in [0.25, 0.3) is 6.71 Å². The minimum absolute atomic E-state index is 0.00558. The Morgan fingerprint density at radius 2 is 1.02 bits per heavy atom. The molecule has 40 heavy (non-hydrogen) atoms. The molecular formula is C36H24BNO2. The van der Waals surface area contributed by atoms with Crippen LogP contribution in [0.1, 0.15) is 5.56 Å². The van der Waals surface area contributed by atoms with Crippen molar-refractivity contribution < 1.29 is 9.47 Å². The zero-order valence-corrected chi connectivity index (χ0v) is 22.0. The van der Waals surface area contributed by atoms with E-state index < -0.39 is 0 Å². The molecule has 2 aliphatic heterocycles. The third-order valence-electron chi connectivity index (χ3n) is 7.98. The van der Waals surface area contributed by atoms with Crippen LogP contribution in [0.15, 0.2) is 128 Å². The highest BCUT2D eigenvalue weighted by Gasteiger charge is 2.40. The molecule has 1 aromatic heterocycles. The lowest BCUT2D eigenvalue weighted by molar-refractivity contribution is 0.465. The molecule has 0 fully saturated rings. The second-order valence-corrected chi connectivity index (χ2v) is 10.4. The normalized spacial score (nSPS) is 12.5. The monoisotopic (exact) mass is 513 g/mol. The van der Waals surface area contributed by atoms with Crippen molar-refractivity contribution >= 4 is 23.1 Å². The van der Waals surface area contributed by atoms with Gasteiger partial charge in [-0.2, -0.15) is 0 Å². The van der Waals surface area contributed by atoms with Crippen molar-refractivity contribution in [3.8, 4) is 56.5 Å². The maximum Gasteiger partial charge on any atom is 0.260 e. The number of aromatic nitrogens is 1. The number of hydrogen-bond donors (Lipinski definition) is 0. The van der Waals surface area contributed by atoms with Gasteiger partial charge in [0.05, 0.1) is 5.69 Å². The molecule has 0 radical (unpaired) electrons. The third kappa shape index (κ3) is 3.64. The average Bonchev–Trinajstić information content (AvgIpc) is 3.01. The van der Waals surface area contributed by atoms with Crippen LogP contribution in [-0.4, -0.2) is 11.7 Å². The van der Waals surface area contributed by atoms with E-state index in [0.717, 1.165) is 78.5 Å². The van der Waals surface area contributed by atoms with Gasteiger partial charge in [-0.05, 0) is 76.0 Å². The predicted molar refractivity (Wildman–Crippen MR) is 163 cm³/mol. The number of ether oxygens (including phenoxy) is 2. The zero-order valence-electron chi connectivity index (χ0n) is 22.0. The van der Waals surface area contributed by atoms with Crippen LogP contribution in [0.25, 0.3) is 33.5 Å². The summed E-state index contributed by atoms with van der Waals surface area (Å²) in [5.74, 6) is 3.38. The number of aryl methyl sites for hydroxylation is 1. The lowest BCUT2D eigenvalue weighted by Crippen LogP contribution is -2.57. The van der Waals surface area contributed by atoms with E-state index >= 15 is 0 Å². The molecule has 0 amide bonds. The van der Waals surface area contributed by atoms with Gasteiger partial charge in [0.1, 0.15) is 23.0 Å². The van der Waals surface area contributed by atoms with Crippen molar-refractivity contribution in [1.82, 2.24) is 4.98 Å². The summed E-state index contributed by atoms with van der Waals surface area (Å²) >= 11 is 0. The molecule has 0 atom stereocenters. The minimum atomic E-state index is 0.00558. The quantitative estimate of drug-likeness (QED) is 0.236. The van der Waals surface area contributed by atoms with Crippen LogP contribution >= 0.6 is 0 Å². The van der Waals surface area contributed by atoms with E-state index in [-0.39, 0.29) is 6.71 Å². The van der Waals surface area contributed by atoms with Crippen LogP contribution < -0.4 is 25.9 Å². The number of nitrogens with zero attached hydrogens (tertiary/aromatic N) is 1. The fraction of sp³-hybridized carbons (Fsp3) is 0.0278. The maximum absolute atomic E-state index is 6.69. The highest BCUT2D eigenvalue weighted by molar-refractivity contribution is 6.98. The Hall–Kier alpha value is -5.09. The topological polar surface area (TPSA) is 31.4 Å². The van der Waals surface area contributed by atoms with Crippen molar-refractivity contribution in [3.05, 3.63) is 133 Å². The summed E-state index contributed by atoms with van der Waals surface area (Å²) in [4.78, 5) is 4.69. The molecule has 0 aliphatic carbocycles. The molecule has 0 spiro atoms. The van der Waals surface area contributed by atoms with Crippen molar-refractivity contribution in [2.45, 2.75) is 6.92 Å². The molecule has 0 saturated heterocycles. The number of rotatable bonds is 3. The molecule has 6 aromatic rings. The summed E-state index contributed by atoms with van der Waals surface area (Å²) in [5.41, 5.74) is 11.0. The zero-order chi connectivity index (χ0) is 26.6. The Kier molecular flexibility index (Phi) is 5.14. The van der Waals surface area contributed by atoms with Crippen molar-refractivity contribution in [1.29, 1.82) is 0 Å². The highest BCUT2D eigenvalue weighted by atomic mass is 16.5. The molecule has 188 valence electrons. The van der Waals surface area contributed by atoms with Crippen LogP contribution in [0.2, 0.25) is 0 Å². The van der Waals surface area contributed by atoms with Crippen LogP contribution in [0.3, 0.4) is 0 Å². The molecule has 3 nitrogen and oxygen atoms in total. The lowest BCUT2D eigenvalue weighted by Gasteiger charge is -2.33. The Labute approximate surface area is 233 Å². The van der Waals surface area contributed by atoms with Crippen LogP contribution in [0.5, 0.6) is 23.0 Å². The molecule has 3 heterocycles. The largest absolute Gasteiger partial charge is 0.458 e. The van der Waals surface area contributed by atoms with Crippen LogP contribution in [0, 0.1) is 6.92 Å². The van der Waals surface area contributed by atoms with Gasteiger partial charge in [-0.3, -0.25) is 4.98 Å². The first-order valence-corrected chi connectivity index (χ1v) is 13.6. The number of pyridine rings is 1. The fourth-order valence-corrected chi connectivity index (χ4v) is 6.04. The molecule has 0 saturated carbocycles. The summed E-state index contributed by atoms with van der Waals surface area (Å²) in [7, 11) is 0. The SMILES string of the molecule is Cc1cccnc1-c1cc2c3c(c1)Oc1cc(-c4ccccc4)ccc1B3c1ccc(-c3ccccc3)cc1O2. The number of benzene rings is 5. The fourth-order valence-electron chi connectivity index (χ4n) is 6.04. The number of fused-ring (bicyclic) bond motifs is 4. The summed E-state index contributed by atoms with van der Waals surface area (Å²) in [6.07, 6.45) is 1.83. The molecule has 5 aromatic carbocycles. The third-order valence-corrected chi connectivity index (χ3v) is 7.98. The van der Waals surface area contributed by atoms with Gasteiger partial charge in [-0.25, -0.2) is 0 Å². The molecule has 8 rings (SSSR count). The van der Waals surface area contributed by atoms with Gasteiger partial charge in [-0.1, -0.05) is 91.0 Å². The van der Waals surface area contributed by atoms with E-state index in [1.807, 2.05) is 24.4 Å². The van der Waals surface area contributed by atoms with Gasteiger partial charge < -0.3 is 9.47 Å². The first-order chi connectivity index (χ1) is 19.7. The smallest absolute Gasteiger partial charge is 0.260 e. The molecule has 0 N–H and O–H groups in total. The summed E-state index contributed by atoms with van der Waals surface area (Å²) < 4.78 is 13.4. The molecule has 2 aliphatic rings. The van der Waals surface area contributed by atoms with Crippen molar-refractivity contribution in [2.24, 2.45) is 0 Å². The Morgan fingerprint density at radius 3 is 1.55 bits per heavy atom. The van der Waals surface area contributed by atoms with Crippen LogP contribution in [0.4, 0.5) is 0 Å². The van der Waals surface area contributed by atoms with E-state index in [1.165, 1.54) is 0 Å². The molecule has 0 bridgehead atoms. The second-order valence-electron chi connectivity index (χ2n) is 10.4. The maximum atomic E-state index is 6.69. The second kappa shape index (κ2) is 8.99. The minimum Gasteiger partial charge on any atom is -0.458 e. The Morgan fingerprint density at radius 1 is 0.500 bits per heavy atom. The van der Waals surface area contributed by atoms with Gasteiger partial charge in [0.2, 0.25) is 0 Å². The van der Waals surface area contributed by atoms with Crippen LogP contribution in [-0.2, 0) is 0 Å². The molecule has 0 unspecified atom stereocenters. The van der Waals surface area contributed by atoms with Gasteiger partial charge in [0, 0.05) is 17.2 Å². The van der Waals surface area contributed by atoms with Crippen molar-refractivity contribution in [3.63, 3.8) is 0 Å². The summed E-state index contributed by atoms with van der Waals surface area (Å²) in [6.45, 7) is 2.09. The van der Waals surface area contributed by atoms with Gasteiger partial charge in [0.15, 0.2) is 0 Å². The average molecular weight is 513 g/mol. The Bertz CT molecular complexity index is 1800. The highest BCUT2D eigenvalue weighted by Crippen LogP contribution is 2.40. The van der Waals surface area contributed by atoms with Crippen molar-refractivity contribution in [2.75, 3.05) is 0 Å². The van der Waals surface area contributed by atoms with E-state index in [4.69, 9.17) is 14.5 Å². The first kappa shape index (κ1) is 22.9. The summed E-state index contributed by atoms with van der Waals surface area (Å²) in [5, 5.41) is 0. The Balaban J connectivity index is 1.34. The van der Waals surface area contributed by atoms with Gasteiger partial charge in [-0.15, -0.1) is 0 Å². The molecular weight excluding hydrogens is 489 g/mol. The number of hydrogen-bond acceptors (Lipinski definition) is 3.